The van der Waals surface area contributed by atoms with Crippen molar-refractivity contribution in [3.8, 4) is 17.6 Å². The molecule has 4 rings (SSSR count). The fourth-order valence-corrected chi connectivity index (χ4v) is 3.65. The van der Waals surface area contributed by atoms with Gasteiger partial charge in [-0.3, -0.25) is 4.79 Å². The van der Waals surface area contributed by atoms with E-state index >= 15 is 0 Å². The fraction of sp³-hybridized carbons (Fsp3) is 0.381. The molecule has 0 unspecified atom stereocenters. The Morgan fingerprint density at radius 3 is 3.07 bits per heavy atom. The molecule has 28 heavy (non-hydrogen) atoms. The second kappa shape index (κ2) is 7.77. The minimum absolute atomic E-state index is 0.00220. The van der Waals surface area contributed by atoms with Crippen LogP contribution in [0.15, 0.2) is 36.5 Å². The predicted molar refractivity (Wildman–Crippen MR) is 104 cm³/mol. The van der Waals surface area contributed by atoms with Crippen LogP contribution in [0.3, 0.4) is 0 Å². The summed E-state index contributed by atoms with van der Waals surface area (Å²) in [6.07, 6.45) is 2.99. The molecule has 0 spiro atoms. The van der Waals surface area contributed by atoms with Crippen molar-refractivity contribution in [1.82, 2.24) is 9.88 Å². The number of anilines is 2. The number of aromatic nitrogens is 1. The lowest BCUT2D eigenvalue weighted by Crippen LogP contribution is -2.30. The van der Waals surface area contributed by atoms with Gasteiger partial charge in [-0.05, 0) is 24.3 Å². The lowest BCUT2D eigenvalue weighted by atomic mass is 10.2. The number of nitriles is 1. The highest BCUT2D eigenvalue weighted by atomic mass is 16.5. The van der Waals surface area contributed by atoms with Crippen molar-refractivity contribution in [3.05, 3.63) is 42.2 Å². The standard InChI is InChI=1S/C21H22N4O3/c1-2-21(26)24-8-6-18(14-24)28-17-3-4-20-19(12-17)25(9-10-27-20)16-5-7-23-15(11-16)13-22/h3-5,7,11-12,18H,2,6,8-10,14H2,1H3/t18-/m0/s1. The van der Waals surface area contributed by atoms with Gasteiger partial charge in [-0.1, -0.05) is 6.92 Å². The number of pyridine rings is 1. The van der Waals surface area contributed by atoms with E-state index in [4.69, 9.17) is 14.7 Å². The number of ether oxygens (including phenoxy) is 2. The first kappa shape index (κ1) is 18.1. The van der Waals surface area contributed by atoms with Crippen molar-refractivity contribution < 1.29 is 14.3 Å². The molecule has 144 valence electrons. The van der Waals surface area contributed by atoms with Gasteiger partial charge in [-0.15, -0.1) is 0 Å². The third kappa shape index (κ3) is 3.58. The molecule has 0 aliphatic carbocycles. The number of benzene rings is 1. The highest BCUT2D eigenvalue weighted by molar-refractivity contribution is 5.76. The molecule has 0 radical (unpaired) electrons. The molecule has 1 fully saturated rings. The van der Waals surface area contributed by atoms with E-state index in [0.29, 0.717) is 31.8 Å². The number of rotatable bonds is 4. The number of carbonyl (C=O) groups is 1. The Labute approximate surface area is 164 Å². The molecule has 2 aliphatic heterocycles. The van der Waals surface area contributed by atoms with Crippen molar-refractivity contribution in [3.63, 3.8) is 0 Å². The van der Waals surface area contributed by atoms with Crippen LogP contribution in [0.25, 0.3) is 0 Å². The van der Waals surface area contributed by atoms with Gasteiger partial charge >= 0.3 is 0 Å². The number of hydrogen-bond donors (Lipinski definition) is 0. The predicted octanol–water partition coefficient (Wildman–Crippen LogP) is 2.87. The number of likely N-dealkylation sites (tertiary alicyclic amines) is 1. The van der Waals surface area contributed by atoms with Gasteiger partial charge in [0.2, 0.25) is 5.91 Å². The van der Waals surface area contributed by atoms with E-state index in [2.05, 4.69) is 16.0 Å². The van der Waals surface area contributed by atoms with E-state index in [1.807, 2.05) is 36.1 Å². The molecule has 7 heteroatoms. The Hall–Kier alpha value is -3.27. The SMILES string of the molecule is CCC(=O)N1CC[C@H](Oc2ccc3c(c2)N(c2ccnc(C#N)c2)CCO3)C1. The first-order chi connectivity index (χ1) is 13.7. The molecule has 1 amide bonds. The summed E-state index contributed by atoms with van der Waals surface area (Å²) in [5.74, 6) is 1.70. The van der Waals surface area contributed by atoms with Crippen LogP contribution in [0.2, 0.25) is 0 Å². The number of fused-ring (bicyclic) bond motifs is 1. The van der Waals surface area contributed by atoms with Crippen LogP contribution in [-0.4, -0.2) is 48.1 Å². The maximum absolute atomic E-state index is 11.9. The molecule has 1 atom stereocenters. The van der Waals surface area contributed by atoms with Crippen LogP contribution in [0, 0.1) is 11.3 Å². The average molecular weight is 378 g/mol. The number of amides is 1. The summed E-state index contributed by atoms with van der Waals surface area (Å²) in [5, 5.41) is 9.13. The van der Waals surface area contributed by atoms with Crippen molar-refractivity contribution >= 4 is 17.3 Å². The quantitative estimate of drug-likeness (QED) is 0.814. The Morgan fingerprint density at radius 1 is 1.36 bits per heavy atom. The van der Waals surface area contributed by atoms with Crippen LogP contribution in [0.4, 0.5) is 11.4 Å². The molecule has 7 nitrogen and oxygen atoms in total. The lowest BCUT2D eigenvalue weighted by molar-refractivity contribution is -0.130. The van der Waals surface area contributed by atoms with E-state index in [1.165, 1.54) is 0 Å². The van der Waals surface area contributed by atoms with E-state index in [-0.39, 0.29) is 12.0 Å². The molecule has 0 bridgehead atoms. The van der Waals surface area contributed by atoms with Gasteiger partial charge in [0.05, 0.1) is 18.8 Å². The molecule has 1 saturated heterocycles. The van der Waals surface area contributed by atoms with Crippen molar-refractivity contribution in [2.75, 3.05) is 31.1 Å². The Kier molecular flexibility index (Phi) is 5.02. The molecule has 2 aliphatic rings. The maximum Gasteiger partial charge on any atom is 0.222 e. The molecule has 0 N–H and O–H groups in total. The first-order valence-corrected chi connectivity index (χ1v) is 9.53. The number of hydrogen-bond acceptors (Lipinski definition) is 6. The van der Waals surface area contributed by atoms with Crippen LogP contribution >= 0.6 is 0 Å². The molecule has 1 aromatic carbocycles. The molecule has 0 saturated carbocycles. The van der Waals surface area contributed by atoms with Crippen molar-refractivity contribution in [2.24, 2.45) is 0 Å². The Balaban J connectivity index is 1.55. The highest BCUT2D eigenvalue weighted by Crippen LogP contribution is 2.39. The molecule has 2 aromatic rings. The molecular formula is C21H22N4O3. The van der Waals surface area contributed by atoms with Gasteiger partial charge in [0.1, 0.15) is 36.0 Å². The van der Waals surface area contributed by atoms with E-state index in [9.17, 15) is 4.79 Å². The van der Waals surface area contributed by atoms with Gasteiger partial charge < -0.3 is 19.3 Å². The third-order valence-electron chi connectivity index (χ3n) is 5.07. The lowest BCUT2D eigenvalue weighted by Gasteiger charge is -2.31. The largest absolute Gasteiger partial charge is 0.490 e. The normalized spacial score (nSPS) is 18.2. The molecule has 3 heterocycles. The highest BCUT2D eigenvalue weighted by Gasteiger charge is 2.27. The summed E-state index contributed by atoms with van der Waals surface area (Å²) in [6.45, 7) is 4.48. The second-order valence-electron chi connectivity index (χ2n) is 6.86. The van der Waals surface area contributed by atoms with Gasteiger partial charge in [-0.25, -0.2) is 4.98 Å². The zero-order chi connectivity index (χ0) is 19.5. The number of nitrogens with zero attached hydrogens (tertiary/aromatic N) is 4. The van der Waals surface area contributed by atoms with Crippen LogP contribution in [0.5, 0.6) is 11.5 Å². The summed E-state index contributed by atoms with van der Waals surface area (Å²) in [6, 6.07) is 11.5. The minimum atomic E-state index is -0.00220. The topological polar surface area (TPSA) is 78.7 Å². The fourth-order valence-electron chi connectivity index (χ4n) is 3.65. The van der Waals surface area contributed by atoms with Crippen molar-refractivity contribution in [2.45, 2.75) is 25.9 Å². The third-order valence-corrected chi connectivity index (χ3v) is 5.07. The second-order valence-corrected chi connectivity index (χ2v) is 6.86. The van der Waals surface area contributed by atoms with Gasteiger partial charge in [0, 0.05) is 37.3 Å². The minimum Gasteiger partial charge on any atom is -0.490 e. The summed E-state index contributed by atoms with van der Waals surface area (Å²) in [7, 11) is 0. The monoisotopic (exact) mass is 378 g/mol. The average Bonchev–Trinajstić information content (AvgIpc) is 3.21. The Bertz CT molecular complexity index is 924. The van der Waals surface area contributed by atoms with Crippen LogP contribution in [-0.2, 0) is 4.79 Å². The maximum atomic E-state index is 11.9. The van der Waals surface area contributed by atoms with Gasteiger partial charge in [0.15, 0.2) is 0 Å². The van der Waals surface area contributed by atoms with Crippen LogP contribution < -0.4 is 14.4 Å². The van der Waals surface area contributed by atoms with Crippen molar-refractivity contribution in [1.29, 1.82) is 5.26 Å². The van der Waals surface area contributed by atoms with Gasteiger partial charge in [-0.2, -0.15) is 5.26 Å². The zero-order valence-corrected chi connectivity index (χ0v) is 15.8. The smallest absolute Gasteiger partial charge is 0.222 e. The molecule has 1 aromatic heterocycles. The summed E-state index contributed by atoms with van der Waals surface area (Å²) in [4.78, 5) is 19.9. The van der Waals surface area contributed by atoms with E-state index in [0.717, 1.165) is 35.8 Å². The summed E-state index contributed by atoms with van der Waals surface area (Å²) >= 11 is 0. The zero-order valence-electron chi connectivity index (χ0n) is 15.8. The molecular weight excluding hydrogens is 356 g/mol. The summed E-state index contributed by atoms with van der Waals surface area (Å²) < 4.78 is 11.9. The first-order valence-electron chi connectivity index (χ1n) is 9.53. The Morgan fingerprint density at radius 2 is 2.25 bits per heavy atom. The van der Waals surface area contributed by atoms with E-state index in [1.54, 1.807) is 12.3 Å². The summed E-state index contributed by atoms with van der Waals surface area (Å²) in [5.41, 5.74) is 2.18. The van der Waals surface area contributed by atoms with Crippen LogP contribution in [0.1, 0.15) is 25.5 Å². The van der Waals surface area contributed by atoms with E-state index < -0.39 is 0 Å². The van der Waals surface area contributed by atoms with Gasteiger partial charge in [0.25, 0.3) is 0 Å². The number of carbonyl (C=O) groups excluding carboxylic acids is 1.